The van der Waals surface area contributed by atoms with Crippen molar-refractivity contribution in [2.24, 2.45) is 17.3 Å². The lowest BCUT2D eigenvalue weighted by molar-refractivity contribution is -0.129. The Hall–Kier alpha value is -0.790. The lowest BCUT2D eigenvalue weighted by Crippen LogP contribution is -2.35. The van der Waals surface area contributed by atoms with Crippen molar-refractivity contribution >= 4 is 5.78 Å². The Morgan fingerprint density at radius 3 is 2.67 bits per heavy atom. The molecular weight excluding hydrogens is 188 g/mol. The van der Waals surface area contributed by atoms with Crippen LogP contribution in [0, 0.1) is 17.3 Å². The summed E-state index contributed by atoms with van der Waals surface area (Å²) in [5, 5.41) is 8.67. The molecule has 0 saturated heterocycles. The highest BCUT2D eigenvalue weighted by molar-refractivity contribution is 5.82. The molecule has 1 aliphatic rings. The van der Waals surface area contributed by atoms with Gasteiger partial charge in [0.05, 0.1) is 6.26 Å². The molecule has 1 rings (SSSR count). The fraction of sp³-hybridized carbons (Fsp3) is 0.769. The van der Waals surface area contributed by atoms with E-state index in [2.05, 4.69) is 20.8 Å². The Labute approximate surface area is 92.4 Å². The number of rotatable bonds is 3. The van der Waals surface area contributed by atoms with Crippen LogP contribution in [0.4, 0.5) is 0 Å². The molecule has 1 aliphatic carbocycles. The summed E-state index contributed by atoms with van der Waals surface area (Å²) in [6.45, 7) is 6.38. The van der Waals surface area contributed by atoms with Crippen LogP contribution >= 0.6 is 0 Å². The van der Waals surface area contributed by atoms with Crippen molar-refractivity contribution in [2.75, 3.05) is 0 Å². The maximum atomic E-state index is 11.9. The van der Waals surface area contributed by atoms with Gasteiger partial charge in [-0.1, -0.05) is 20.8 Å². The summed E-state index contributed by atoms with van der Waals surface area (Å²) >= 11 is 0. The Bertz CT molecular complexity index is 253. The molecule has 0 heterocycles. The highest BCUT2D eigenvalue weighted by atomic mass is 16.2. The number of aliphatic hydroxyl groups excluding tert-OH is 1. The predicted octanol–water partition coefficient (Wildman–Crippen LogP) is 3.48. The van der Waals surface area contributed by atoms with E-state index in [1.807, 2.05) is 0 Å². The SMILES string of the molecule is CC1CCC(C(C)(C)CC=CO)C(=O)C1. The van der Waals surface area contributed by atoms with E-state index in [1.54, 1.807) is 6.08 Å². The zero-order valence-corrected chi connectivity index (χ0v) is 9.99. The second-order valence-corrected chi connectivity index (χ2v) is 5.48. The summed E-state index contributed by atoms with van der Waals surface area (Å²) in [6.07, 6.45) is 6.49. The van der Waals surface area contributed by atoms with Crippen LogP contribution in [0.15, 0.2) is 12.3 Å². The molecule has 2 heteroatoms. The van der Waals surface area contributed by atoms with Gasteiger partial charge in [0.25, 0.3) is 0 Å². The summed E-state index contributed by atoms with van der Waals surface area (Å²) in [6, 6.07) is 0. The summed E-state index contributed by atoms with van der Waals surface area (Å²) in [4.78, 5) is 11.9. The number of carbonyl (C=O) groups excluding carboxylic acids is 1. The first-order valence-electron chi connectivity index (χ1n) is 5.79. The Kier molecular flexibility index (Phi) is 3.95. The molecular formula is C13H22O2. The van der Waals surface area contributed by atoms with E-state index in [-0.39, 0.29) is 11.3 Å². The van der Waals surface area contributed by atoms with Crippen LogP contribution in [0.1, 0.15) is 46.5 Å². The highest BCUT2D eigenvalue weighted by Gasteiger charge is 2.37. The molecule has 15 heavy (non-hydrogen) atoms. The lowest BCUT2D eigenvalue weighted by atomic mass is 9.67. The van der Waals surface area contributed by atoms with Gasteiger partial charge in [0, 0.05) is 12.3 Å². The van der Waals surface area contributed by atoms with E-state index in [1.165, 1.54) is 0 Å². The van der Waals surface area contributed by atoms with Gasteiger partial charge < -0.3 is 5.11 Å². The van der Waals surface area contributed by atoms with Crippen molar-refractivity contribution in [3.05, 3.63) is 12.3 Å². The average Bonchev–Trinajstić information content (AvgIpc) is 2.14. The summed E-state index contributed by atoms with van der Waals surface area (Å²) < 4.78 is 0. The number of hydrogen-bond donors (Lipinski definition) is 1. The quantitative estimate of drug-likeness (QED) is 0.724. The number of aliphatic hydroxyl groups is 1. The molecule has 0 bridgehead atoms. The van der Waals surface area contributed by atoms with Gasteiger partial charge in [-0.25, -0.2) is 0 Å². The first-order valence-corrected chi connectivity index (χ1v) is 5.79. The molecule has 0 amide bonds. The highest BCUT2D eigenvalue weighted by Crippen LogP contribution is 2.40. The molecule has 0 radical (unpaired) electrons. The van der Waals surface area contributed by atoms with E-state index < -0.39 is 0 Å². The molecule has 0 aromatic rings. The molecule has 0 aromatic carbocycles. The smallest absolute Gasteiger partial charge is 0.136 e. The van der Waals surface area contributed by atoms with Crippen molar-refractivity contribution in [3.8, 4) is 0 Å². The average molecular weight is 210 g/mol. The van der Waals surface area contributed by atoms with E-state index in [0.29, 0.717) is 11.7 Å². The number of Topliss-reactive ketones (excluding diaryl/α,β-unsaturated/α-hetero) is 1. The van der Waals surface area contributed by atoms with Gasteiger partial charge in [-0.05, 0) is 36.7 Å². The van der Waals surface area contributed by atoms with E-state index in [9.17, 15) is 4.79 Å². The van der Waals surface area contributed by atoms with Crippen LogP contribution < -0.4 is 0 Å². The summed E-state index contributed by atoms with van der Waals surface area (Å²) in [7, 11) is 0. The third-order valence-corrected chi connectivity index (χ3v) is 3.58. The fourth-order valence-electron chi connectivity index (χ4n) is 2.53. The van der Waals surface area contributed by atoms with Crippen LogP contribution in [0.5, 0.6) is 0 Å². The van der Waals surface area contributed by atoms with Crippen LogP contribution in [0.3, 0.4) is 0 Å². The Balaban J connectivity index is 2.65. The van der Waals surface area contributed by atoms with Gasteiger partial charge in [0.15, 0.2) is 0 Å². The van der Waals surface area contributed by atoms with Gasteiger partial charge in [0.2, 0.25) is 0 Å². The summed E-state index contributed by atoms with van der Waals surface area (Å²) in [5.41, 5.74) is -0.0174. The van der Waals surface area contributed by atoms with Crippen molar-refractivity contribution in [3.63, 3.8) is 0 Å². The van der Waals surface area contributed by atoms with Crippen LogP contribution in [-0.2, 0) is 4.79 Å². The number of hydrogen-bond acceptors (Lipinski definition) is 2. The maximum Gasteiger partial charge on any atom is 0.136 e. The van der Waals surface area contributed by atoms with Gasteiger partial charge >= 0.3 is 0 Å². The number of ketones is 1. The summed E-state index contributed by atoms with van der Waals surface area (Å²) in [5.74, 6) is 1.13. The lowest BCUT2D eigenvalue weighted by Gasteiger charge is -2.36. The minimum absolute atomic E-state index is 0.0174. The zero-order chi connectivity index (χ0) is 11.5. The standard InChI is InChI=1S/C13H22O2/c1-10-5-6-11(12(15)9-10)13(2,3)7-4-8-14/h4,8,10-11,14H,5-7,9H2,1-3H3. The van der Waals surface area contributed by atoms with Gasteiger partial charge in [-0.3, -0.25) is 4.79 Å². The minimum Gasteiger partial charge on any atom is -0.516 e. The van der Waals surface area contributed by atoms with Crippen LogP contribution in [0.25, 0.3) is 0 Å². The molecule has 0 aliphatic heterocycles. The molecule has 1 N–H and O–H groups in total. The number of carbonyl (C=O) groups is 1. The van der Waals surface area contributed by atoms with Crippen molar-refractivity contribution < 1.29 is 9.90 Å². The molecule has 0 spiro atoms. The monoisotopic (exact) mass is 210 g/mol. The second-order valence-electron chi connectivity index (χ2n) is 5.48. The molecule has 1 saturated carbocycles. The molecule has 2 unspecified atom stereocenters. The third-order valence-electron chi connectivity index (χ3n) is 3.58. The van der Waals surface area contributed by atoms with E-state index in [0.717, 1.165) is 31.9 Å². The Morgan fingerprint density at radius 1 is 1.47 bits per heavy atom. The molecule has 2 atom stereocenters. The molecule has 0 aromatic heterocycles. The fourth-order valence-corrected chi connectivity index (χ4v) is 2.53. The third kappa shape index (κ3) is 3.08. The van der Waals surface area contributed by atoms with Gasteiger partial charge in [-0.15, -0.1) is 0 Å². The first-order chi connectivity index (χ1) is 6.97. The Morgan fingerprint density at radius 2 is 2.13 bits per heavy atom. The van der Waals surface area contributed by atoms with Crippen molar-refractivity contribution in [2.45, 2.75) is 46.5 Å². The zero-order valence-electron chi connectivity index (χ0n) is 9.99. The van der Waals surface area contributed by atoms with Crippen LogP contribution in [-0.4, -0.2) is 10.9 Å². The van der Waals surface area contributed by atoms with Crippen molar-refractivity contribution in [1.29, 1.82) is 0 Å². The topological polar surface area (TPSA) is 37.3 Å². The predicted molar refractivity (Wildman–Crippen MR) is 61.7 cm³/mol. The van der Waals surface area contributed by atoms with Crippen molar-refractivity contribution in [1.82, 2.24) is 0 Å². The molecule has 86 valence electrons. The number of allylic oxidation sites excluding steroid dienone is 1. The molecule has 1 fully saturated rings. The van der Waals surface area contributed by atoms with E-state index in [4.69, 9.17) is 5.11 Å². The maximum absolute atomic E-state index is 11.9. The molecule has 2 nitrogen and oxygen atoms in total. The second kappa shape index (κ2) is 4.82. The van der Waals surface area contributed by atoms with Crippen LogP contribution in [0.2, 0.25) is 0 Å². The van der Waals surface area contributed by atoms with Gasteiger partial charge in [0.1, 0.15) is 5.78 Å². The van der Waals surface area contributed by atoms with Gasteiger partial charge in [-0.2, -0.15) is 0 Å². The first kappa shape index (κ1) is 12.3. The van der Waals surface area contributed by atoms with E-state index >= 15 is 0 Å². The largest absolute Gasteiger partial charge is 0.516 e. The normalized spacial score (nSPS) is 28.6. The minimum atomic E-state index is -0.0174.